The van der Waals surface area contributed by atoms with Crippen LogP contribution in [0.3, 0.4) is 0 Å². The van der Waals surface area contributed by atoms with Crippen molar-refractivity contribution in [3.05, 3.63) is 21.9 Å². The second kappa shape index (κ2) is 7.20. The van der Waals surface area contributed by atoms with Gasteiger partial charge in [-0.1, -0.05) is 0 Å². The Labute approximate surface area is 124 Å². The molecule has 1 fully saturated rings. The molecule has 0 amide bonds. The maximum atomic E-state index is 4.58. The van der Waals surface area contributed by atoms with Crippen LogP contribution < -0.4 is 10.6 Å². The first-order chi connectivity index (χ1) is 7.78. The van der Waals surface area contributed by atoms with Crippen LogP contribution in [-0.4, -0.2) is 18.5 Å². The largest absolute Gasteiger partial charge is 0.357 e. The number of hydrogen-bond donors (Lipinski definition) is 2. The summed E-state index contributed by atoms with van der Waals surface area (Å²) in [6.45, 7) is 5.92. The maximum Gasteiger partial charge on any atom is 0.191 e. The summed E-state index contributed by atoms with van der Waals surface area (Å²) >= 11 is 1.82. The SMILES string of the molecule is CCNC(=NCc1ccc(C)s1)NC1CC1.I. The Morgan fingerprint density at radius 2 is 2.24 bits per heavy atom. The topological polar surface area (TPSA) is 36.4 Å². The van der Waals surface area contributed by atoms with Gasteiger partial charge in [0.05, 0.1) is 6.54 Å². The van der Waals surface area contributed by atoms with Crippen LogP contribution in [0, 0.1) is 6.92 Å². The summed E-state index contributed by atoms with van der Waals surface area (Å²) in [5, 5.41) is 6.69. The highest BCUT2D eigenvalue weighted by Gasteiger charge is 2.21. The molecule has 2 N–H and O–H groups in total. The lowest BCUT2D eigenvalue weighted by Crippen LogP contribution is -2.38. The number of guanidine groups is 1. The van der Waals surface area contributed by atoms with Gasteiger partial charge in [-0.3, -0.25) is 0 Å². The fraction of sp³-hybridized carbons (Fsp3) is 0.583. The minimum Gasteiger partial charge on any atom is -0.357 e. The van der Waals surface area contributed by atoms with E-state index in [2.05, 4.69) is 41.6 Å². The Morgan fingerprint density at radius 1 is 1.47 bits per heavy atom. The van der Waals surface area contributed by atoms with Gasteiger partial charge in [0.1, 0.15) is 0 Å². The van der Waals surface area contributed by atoms with Crippen molar-refractivity contribution in [2.45, 2.75) is 39.3 Å². The maximum absolute atomic E-state index is 4.58. The normalized spacial score (nSPS) is 15.3. The minimum atomic E-state index is 0. The number of aryl methyl sites for hydroxylation is 1. The Hall–Kier alpha value is -0.300. The lowest BCUT2D eigenvalue weighted by Gasteiger charge is -2.09. The summed E-state index contributed by atoms with van der Waals surface area (Å²) in [7, 11) is 0. The molecule has 5 heteroatoms. The number of thiophene rings is 1. The van der Waals surface area contributed by atoms with Crippen LogP contribution in [0.15, 0.2) is 17.1 Å². The molecule has 1 aliphatic rings. The predicted octanol–water partition coefficient (Wildman–Crippen LogP) is 2.89. The minimum absolute atomic E-state index is 0. The molecule has 0 aromatic carbocycles. The van der Waals surface area contributed by atoms with E-state index in [1.165, 1.54) is 22.6 Å². The molecule has 1 aliphatic carbocycles. The Morgan fingerprint density at radius 3 is 2.76 bits per heavy atom. The van der Waals surface area contributed by atoms with Crippen LogP contribution >= 0.6 is 35.3 Å². The molecule has 17 heavy (non-hydrogen) atoms. The van der Waals surface area contributed by atoms with E-state index < -0.39 is 0 Å². The Kier molecular flexibility index (Phi) is 6.26. The van der Waals surface area contributed by atoms with E-state index in [9.17, 15) is 0 Å². The smallest absolute Gasteiger partial charge is 0.191 e. The first kappa shape index (κ1) is 14.8. The van der Waals surface area contributed by atoms with Crippen molar-refractivity contribution < 1.29 is 0 Å². The van der Waals surface area contributed by atoms with Gasteiger partial charge in [0.15, 0.2) is 5.96 Å². The molecule has 2 rings (SSSR count). The van der Waals surface area contributed by atoms with Crippen LogP contribution in [0.2, 0.25) is 0 Å². The third-order valence-corrected chi connectivity index (χ3v) is 3.44. The van der Waals surface area contributed by atoms with E-state index >= 15 is 0 Å². The van der Waals surface area contributed by atoms with Crippen molar-refractivity contribution in [2.75, 3.05) is 6.54 Å². The molecule has 1 saturated carbocycles. The molecule has 0 radical (unpaired) electrons. The summed E-state index contributed by atoms with van der Waals surface area (Å²) in [5.74, 6) is 0.955. The highest BCUT2D eigenvalue weighted by molar-refractivity contribution is 14.0. The molecule has 0 saturated heterocycles. The average Bonchev–Trinajstić information content (AvgIpc) is 2.97. The molecule has 1 heterocycles. The van der Waals surface area contributed by atoms with Crippen molar-refractivity contribution in [1.29, 1.82) is 0 Å². The average molecular weight is 365 g/mol. The zero-order chi connectivity index (χ0) is 11.4. The van der Waals surface area contributed by atoms with Crippen molar-refractivity contribution in [2.24, 2.45) is 4.99 Å². The zero-order valence-electron chi connectivity index (χ0n) is 10.3. The molecular formula is C12H20IN3S. The van der Waals surface area contributed by atoms with Crippen LogP contribution in [0.25, 0.3) is 0 Å². The van der Waals surface area contributed by atoms with Crippen molar-refractivity contribution in [3.63, 3.8) is 0 Å². The summed E-state index contributed by atoms with van der Waals surface area (Å²) in [6, 6.07) is 4.96. The summed E-state index contributed by atoms with van der Waals surface area (Å²) < 4.78 is 0. The molecule has 96 valence electrons. The van der Waals surface area contributed by atoms with Gasteiger partial charge in [0, 0.05) is 22.3 Å². The number of rotatable bonds is 4. The Bertz CT molecular complexity index is 372. The third-order valence-electron chi connectivity index (χ3n) is 2.45. The standard InChI is InChI=1S/C12H19N3S.HI/c1-3-13-12(15-10-5-6-10)14-8-11-7-4-9(2)16-11;/h4,7,10H,3,5-6,8H2,1-2H3,(H2,13,14,15);1H. The van der Waals surface area contributed by atoms with Crippen molar-refractivity contribution in [1.82, 2.24) is 10.6 Å². The molecule has 0 spiro atoms. The molecular weight excluding hydrogens is 345 g/mol. The molecule has 1 aromatic heterocycles. The molecule has 1 aromatic rings. The van der Waals surface area contributed by atoms with Crippen LogP contribution in [0.1, 0.15) is 29.5 Å². The van der Waals surface area contributed by atoms with Gasteiger partial charge in [-0.15, -0.1) is 35.3 Å². The second-order valence-corrected chi connectivity index (χ2v) is 5.50. The second-order valence-electron chi connectivity index (χ2n) is 4.13. The van der Waals surface area contributed by atoms with Gasteiger partial charge in [0.25, 0.3) is 0 Å². The fourth-order valence-electron chi connectivity index (χ4n) is 1.47. The van der Waals surface area contributed by atoms with E-state index in [1.807, 2.05) is 11.3 Å². The zero-order valence-corrected chi connectivity index (χ0v) is 13.5. The molecule has 3 nitrogen and oxygen atoms in total. The number of halogens is 1. The van der Waals surface area contributed by atoms with E-state index in [-0.39, 0.29) is 24.0 Å². The van der Waals surface area contributed by atoms with Gasteiger partial charge >= 0.3 is 0 Å². The first-order valence-electron chi connectivity index (χ1n) is 5.88. The van der Waals surface area contributed by atoms with Gasteiger partial charge in [-0.05, 0) is 38.8 Å². The number of aliphatic imine (C=N–C) groups is 1. The Balaban J connectivity index is 0.00000144. The lowest BCUT2D eigenvalue weighted by molar-refractivity contribution is 0.813. The van der Waals surface area contributed by atoms with E-state index in [1.54, 1.807) is 0 Å². The van der Waals surface area contributed by atoms with Crippen molar-refractivity contribution >= 4 is 41.3 Å². The fourth-order valence-corrected chi connectivity index (χ4v) is 2.28. The molecule has 0 atom stereocenters. The highest BCUT2D eigenvalue weighted by Crippen LogP contribution is 2.19. The molecule has 0 aliphatic heterocycles. The van der Waals surface area contributed by atoms with Crippen LogP contribution in [0.5, 0.6) is 0 Å². The third kappa shape index (κ3) is 5.25. The lowest BCUT2D eigenvalue weighted by atomic mass is 10.4. The van der Waals surface area contributed by atoms with Crippen LogP contribution in [0.4, 0.5) is 0 Å². The summed E-state index contributed by atoms with van der Waals surface area (Å²) in [5.41, 5.74) is 0. The quantitative estimate of drug-likeness (QED) is 0.489. The van der Waals surface area contributed by atoms with Crippen LogP contribution in [-0.2, 0) is 6.54 Å². The highest BCUT2D eigenvalue weighted by atomic mass is 127. The number of hydrogen-bond acceptors (Lipinski definition) is 2. The van der Waals surface area contributed by atoms with E-state index in [0.29, 0.717) is 6.04 Å². The molecule has 0 bridgehead atoms. The van der Waals surface area contributed by atoms with E-state index in [0.717, 1.165) is 19.0 Å². The predicted molar refractivity (Wildman–Crippen MR) is 85.4 cm³/mol. The molecule has 0 unspecified atom stereocenters. The van der Waals surface area contributed by atoms with Gasteiger partial charge in [0.2, 0.25) is 0 Å². The van der Waals surface area contributed by atoms with Crippen molar-refractivity contribution in [3.8, 4) is 0 Å². The van der Waals surface area contributed by atoms with Gasteiger partial charge < -0.3 is 10.6 Å². The monoisotopic (exact) mass is 365 g/mol. The summed E-state index contributed by atoms with van der Waals surface area (Å²) in [4.78, 5) is 7.26. The van der Waals surface area contributed by atoms with E-state index in [4.69, 9.17) is 0 Å². The van der Waals surface area contributed by atoms with Gasteiger partial charge in [-0.25, -0.2) is 4.99 Å². The number of nitrogens with one attached hydrogen (secondary N) is 2. The van der Waals surface area contributed by atoms with Gasteiger partial charge in [-0.2, -0.15) is 0 Å². The summed E-state index contributed by atoms with van der Waals surface area (Å²) in [6.07, 6.45) is 2.56. The number of nitrogens with zero attached hydrogens (tertiary/aromatic N) is 1. The first-order valence-corrected chi connectivity index (χ1v) is 6.69.